The van der Waals surface area contributed by atoms with Crippen molar-refractivity contribution in [1.82, 2.24) is 4.90 Å². The van der Waals surface area contributed by atoms with Crippen LogP contribution in [0.1, 0.15) is 34.7 Å². The molecule has 1 aliphatic carbocycles. The van der Waals surface area contributed by atoms with Crippen LogP contribution in [0.15, 0.2) is 18.2 Å². The van der Waals surface area contributed by atoms with Crippen LogP contribution in [-0.2, 0) is 0 Å². The molecule has 3 nitrogen and oxygen atoms in total. The van der Waals surface area contributed by atoms with Crippen molar-refractivity contribution >= 4 is 5.78 Å². The van der Waals surface area contributed by atoms with Crippen molar-refractivity contribution in [3.05, 3.63) is 29.3 Å². The Hall–Kier alpha value is -1.35. The minimum Gasteiger partial charge on any atom is -0.497 e. The van der Waals surface area contributed by atoms with Crippen molar-refractivity contribution in [2.45, 2.75) is 18.8 Å². The molecule has 0 saturated carbocycles. The molecule has 1 aliphatic heterocycles. The predicted octanol–water partition coefficient (Wildman–Crippen LogP) is 2.32. The number of fused-ring (bicyclic) bond motifs is 3. The molecule has 0 unspecified atom stereocenters. The molecule has 96 valence electrons. The number of hydrogen-bond acceptors (Lipinski definition) is 3. The van der Waals surface area contributed by atoms with E-state index in [9.17, 15) is 4.79 Å². The fourth-order valence-electron chi connectivity index (χ4n) is 3.34. The summed E-state index contributed by atoms with van der Waals surface area (Å²) in [5.74, 6) is 2.17. The molecule has 3 rings (SSSR count). The lowest BCUT2D eigenvalue weighted by Gasteiger charge is -2.40. The maximum atomic E-state index is 12.2. The summed E-state index contributed by atoms with van der Waals surface area (Å²) in [5.41, 5.74) is 2.11. The molecule has 1 heterocycles. The topological polar surface area (TPSA) is 29.5 Å². The molecule has 1 aromatic rings. The third kappa shape index (κ3) is 1.83. The first kappa shape index (κ1) is 11.7. The van der Waals surface area contributed by atoms with Crippen LogP contribution in [0.4, 0.5) is 0 Å². The highest BCUT2D eigenvalue weighted by Gasteiger charge is 2.37. The Bertz CT molecular complexity index is 483. The van der Waals surface area contributed by atoms with Crippen molar-refractivity contribution in [2.24, 2.45) is 5.92 Å². The Morgan fingerprint density at radius 1 is 1.39 bits per heavy atom. The molecule has 2 atom stereocenters. The lowest BCUT2D eigenvalue weighted by molar-refractivity contribution is 0.0887. The number of carbonyl (C=O) groups is 1. The second-order valence-corrected chi connectivity index (χ2v) is 5.50. The molecule has 3 heteroatoms. The quantitative estimate of drug-likeness (QED) is 0.760. The summed E-state index contributed by atoms with van der Waals surface area (Å²) in [7, 11) is 3.84. The van der Waals surface area contributed by atoms with E-state index < -0.39 is 0 Å². The SMILES string of the molecule is COc1ccc2c(c1)[C@@H]1CN(C)CC[C@H]1CC2=O. The molecular formula is C15H19NO2. The molecule has 0 bridgehead atoms. The van der Waals surface area contributed by atoms with Gasteiger partial charge in [-0.2, -0.15) is 0 Å². The van der Waals surface area contributed by atoms with E-state index in [1.165, 1.54) is 5.56 Å². The van der Waals surface area contributed by atoms with Crippen LogP contribution in [0.5, 0.6) is 5.75 Å². The summed E-state index contributed by atoms with van der Waals surface area (Å²) in [6.45, 7) is 2.16. The van der Waals surface area contributed by atoms with Gasteiger partial charge in [-0.15, -0.1) is 0 Å². The molecule has 1 aromatic carbocycles. The van der Waals surface area contributed by atoms with Gasteiger partial charge in [-0.3, -0.25) is 4.79 Å². The van der Waals surface area contributed by atoms with E-state index >= 15 is 0 Å². The van der Waals surface area contributed by atoms with Gasteiger partial charge >= 0.3 is 0 Å². The molecule has 1 saturated heterocycles. The predicted molar refractivity (Wildman–Crippen MR) is 70.3 cm³/mol. The summed E-state index contributed by atoms with van der Waals surface area (Å²) < 4.78 is 5.30. The minimum absolute atomic E-state index is 0.304. The van der Waals surface area contributed by atoms with Gasteiger partial charge in [-0.25, -0.2) is 0 Å². The molecule has 0 amide bonds. The number of methoxy groups -OCH3 is 1. The van der Waals surface area contributed by atoms with Crippen LogP contribution in [0.3, 0.4) is 0 Å². The number of piperidine rings is 1. The third-order valence-corrected chi connectivity index (χ3v) is 4.37. The van der Waals surface area contributed by atoms with Gasteiger partial charge in [-0.05, 0) is 49.7 Å². The number of Topliss-reactive ketones (excluding diaryl/α,β-unsaturated/α-hetero) is 1. The van der Waals surface area contributed by atoms with Gasteiger partial charge in [0.2, 0.25) is 0 Å². The molecule has 0 spiro atoms. The number of ether oxygens (including phenoxy) is 1. The first-order chi connectivity index (χ1) is 8.69. The highest BCUT2D eigenvalue weighted by molar-refractivity contribution is 5.99. The van der Waals surface area contributed by atoms with Crippen molar-refractivity contribution in [2.75, 3.05) is 27.2 Å². The number of rotatable bonds is 1. The van der Waals surface area contributed by atoms with Gasteiger partial charge in [0.25, 0.3) is 0 Å². The molecular weight excluding hydrogens is 226 g/mol. The maximum absolute atomic E-state index is 12.2. The Morgan fingerprint density at radius 3 is 3.00 bits per heavy atom. The Morgan fingerprint density at radius 2 is 2.22 bits per heavy atom. The molecule has 0 N–H and O–H groups in total. The number of ketones is 1. The average molecular weight is 245 g/mol. The van der Waals surface area contributed by atoms with E-state index in [-0.39, 0.29) is 0 Å². The van der Waals surface area contributed by atoms with Crippen molar-refractivity contribution < 1.29 is 9.53 Å². The number of nitrogens with zero attached hydrogens (tertiary/aromatic N) is 1. The van der Waals surface area contributed by atoms with Gasteiger partial charge in [0.1, 0.15) is 5.75 Å². The Labute approximate surface area is 108 Å². The summed E-state index contributed by atoms with van der Waals surface area (Å²) in [6.07, 6.45) is 1.85. The molecule has 0 radical (unpaired) electrons. The first-order valence-corrected chi connectivity index (χ1v) is 6.58. The van der Waals surface area contributed by atoms with Gasteiger partial charge in [0, 0.05) is 24.4 Å². The zero-order valence-electron chi connectivity index (χ0n) is 11.0. The Kier molecular flexibility index (Phi) is 2.86. The van der Waals surface area contributed by atoms with Crippen molar-refractivity contribution in [1.29, 1.82) is 0 Å². The molecule has 0 aromatic heterocycles. The standard InChI is InChI=1S/C15H19NO2/c1-16-6-5-10-7-15(17)12-4-3-11(18-2)8-13(12)14(10)9-16/h3-4,8,10,14H,5-7,9H2,1-2H3/t10-,14+/m0/s1. The lowest BCUT2D eigenvalue weighted by atomic mass is 9.71. The van der Waals surface area contributed by atoms with E-state index in [0.29, 0.717) is 17.6 Å². The summed E-state index contributed by atoms with van der Waals surface area (Å²) in [4.78, 5) is 14.5. The van der Waals surface area contributed by atoms with E-state index in [1.807, 2.05) is 12.1 Å². The van der Waals surface area contributed by atoms with Crippen LogP contribution in [0.2, 0.25) is 0 Å². The maximum Gasteiger partial charge on any atom is 0.163 e. The van der Waals surface area contributed by atoms with Crippen molar-refractivity contribution in [3.63, 3.8) is 0 Å². The van der Waals surface area contributed by atoms with Gasteiger partial charge in [0.15, 0.2) is 5.78 Å². The number of benzene rings is 1. The molecule has 2 aliphatic rings. The van der Waals surface area contributed by atoms with E-state index in [4.69, 9.17) is 4.74 Å². The highest BCUT2D eigenvalue weighted by atomic mass is 16.5. The van der Waals surface area contributed by atoms with E-state index in [2.05, 4.69) is 18.0 Å². The zero-order chi connectivity index (χ0) is 12.7. The normalized spacial score (nSPS) is 27.6. The number of hydrogen-bond donors (Lipinski definition) is 0. The lowest BCUT2D eigenvalue weighted by Crippen LogP contribution is -2.40. The zero-order valence-corrected chi connectivity index (χ0v) is 11.0. The molecule has 1 fully saturated rings. The summed E-state index contributed by atoms with van der Waals surface area (Å²) in [6, 6.07) is 5.88. The summed E-state index contributed by atoms with van der Waals surface area (Å²) >= 11 is 0. The van der Waals surface area contributed by atoms with Gasteiger partial charge in [-0.1, -0.05) is 0 Å². The highest BCUT2D eigenvalue weighted by Crippen LogP contribution is 2.41. The number of carbonyl (C=O) groups excluding carboxylic acids is 1. The van der Waals surface area contributed by atoms with Crippen LogP contribution >= 0.6 is 0 Å². The second kappa shape index (κ2) is 4.39. The third-order valence-electron chi connectivity index (χ3n) is 4.37. The average Bonchev–Trinajstić information content (AvgIpc) is 2.39. The number of likely N-dealkylation sites (N-methyl/N-ethyl adjacent to an activating group) is 1. The van der Waals surface area contributed by atoms with Gasteiger partial charge < -0.3 is 9.64 Å². The second-order valence-electron chi connectivity index (χ2n) is 5.50. The van der Waals surface area contributed by atoms with Crippen LogP contribution in [0, 0.1) is 5.92 Å². The van der Waals surface area contributed by atoms with E-state index in [0.717, 1.165) is 37.2 Å². The smallest absolute Gasteiger partial charge is 0.163 e. The fourth-order valence-corrected chi connectivity index (χ4v) is 3.34. The Balaban J connectivity index is 2.04. The van der Waals surface area contributed by atoms with Gasteiger partial charge in [0.05, 0.1) is 7.11 Å². The monoisotopic (exact) mass is 245 g/mol. The van der Waals surface area contributed by atoms with Crippen LogP contribution in [0.25, 0.3) is 0 Å². The minimum atomic E-state index is 0.304. The largest absolute Gasteiger partial charge is 0.497 e. The van der Waals surface area contributed by atoms with E-state index in [1.54, 1.807) is 7.11 Å². The van der Waals surface area contributed by atoms with Crippen LogP contribution < -0.4 is 4.74 Å². The fraction of sp³-hybridized carbons (Fsp3) is 0.533. The van der Waals surface area contributed by atoms with Crippen molar-refractivity contribution in [3.8, 4) is 5.75 Å². The number of likely N-dealkylation sites (tertiary alicyclic amines) is 1. The first-order valence-electron chi connectivity index (χ1n) is 6.58. The summed E-state index contributed by atoms with van der Waals surface area (Å²) in [5, 5.41) is 0. The molecule has 18 heavy (non-hydrogen) atoms. The van der Waals surface area contributed by atoms with Crippen LogP contribution in [-0.4, -0.2) is 37.9 Å².